The third-order valence-corrected chi connectivity index (χ3v) is 4.71. The molecule has 0 atom stereocenters. The number of amides is 2. The van der Waals surface area contributed by atoms with Crippen LogP contribution in [-0.4, -0.2) is 25.5 Å². The highest BCUT2D eigenvalue weighted by Gasteiger charge is 2.25. The number of ether oxygens (including phenoxy) is 2. The number of carbonyl (C=O) groups excluding carboxylic acids is 2. The van der Waals surface area contributed by atoms with Gasteiger partial charge in [-0.2, -0.15) is 0 Å². The summed E-state index contributed by atoms with van der Waals surface area (Å²) in [5.41, 5.74) is 2.91. The molecule has 3 aromatic rings. The molecule has 0 saturated carbocycles. The third-order valence-electron chi connectivity index (χ3n) is 4.71. The Hall–Kier alpha value is -3.80. The number of hydrogen-bond donors (Lipinski definition) is 1. The van der Waals surface area contributed by atoms with E-state index in [1.54, 1.807) is 48.4 Å². The second kappa shape index (κ2) is 8.06. The van der Waals surface area contributed by atoms with Gasteiger partial charge < -0.3 is 19.7 Å². The Morgan fingerprint density at radius 1 is 1.03 bits per heavy atom. The van der Waals surface area contributed by atoms with Crippen LogP contribution < -0.4 is 19.7 Å². The number of anilines is 2. The predicted molar refractivity (Wildman–Crippen MR) is 111 cm³/mol. The molecule has 6 nitrogen and oxygen atoms in total. The first kappa shape index (κ1) is 18.6. The van der Waals surface area contributed by atoms with Crippen LogP contribution >= 0.6 is 0 Å². The van der Waals surface area contributed by atoms with Crippen LogP contribution in [0.25, 0.3) is 0 Å². The van der Waals surface area contributed by atoms with Crippen molar-refractivity contribution in [2.24, 2.45) is 0 Å². The summed E-state index contributed by atoms with van der Waals surface area (Å²) < 4.78 is 10.6. The molecule has 0 saturated heterocycles. The van der Waals surface area contributed by atoms with E-state index in [2.05, 4.69) is 5.32 Å². The Bertz CT molecular complexity index is 1030. The number of rotatable bonds is 5. The lowest BCUT2D eigenvalue weighted by atomic mass is 10.1. The van der Waals surface area contributed by atoms with Gasteiger partial charge >= 0.3 is 0 Å². The van der Waals surface area contributed by atoms with Crippen molar-refractivity contribution in [3.63, 3.8) is 0 Å². The van der Waals surface area contributed by atoms with Gasteiger partial charge in [0.25, 0.3) is 11.8 Å². The Morgan fingerprint density at radius 2 is 1.76 bits per heavy atom. The van der Waals surface area contributed by atoms with E-state index in [4.69, 9.17) is 9.47 Å². The van der Waals surface area contributed by atoms with E-state index >= 15 is 0 Å². The molecule has 0 fully saturated rings. The number of methoxy groups -OCH3 is 1. The highest BCUT2D eigenvalue weighted by molar-refractivity contribution is 6.04. The van der Waals surface area contributed by atoms with Gasteiger partial charge in [0.15, 0.2) is 6.61 Å². The van der Waals surface area contributed by atoms with Gasteiger partial charge in [0.2, 0.25) is 0 Å². The van der Waals surface area contributed by atoms with Crippen molar-refractivity contribution in [2.75, 3.05) is 23.9 Å². The summed E-state index contributed by atoms with van der Waals surface area (Å²) in [5.74, 6) is 1.13. The first-order valence-electron chi connectivity index (χ1n) is 9.20. The molecular weight excluding hydrogens is 368 g/mol. The van der Waals surface area contributed by atoms with Crippen molar-refractivity contribution in [3.8, 4) is 11.5 Å². The summed E-state index contributed by atoms with van der Waals surface area (Å²) >= 11 is 0. The van der Waals surface area contributed by atoms with Gasteiger partial charge in [-0.1, -0.05) is 24.3 Å². The average molecular weight is 388 g/mol. The largest absolute Gasteiger partial charge is 0.497 e. The summed E-state index contributed by atoms with van der Waals surface area (Å²) in [6, 6.07) is 21.8. The zero-order valence-corrected chi connectivity index (χ0v) is 15.9. The number of hydrogen-bond acceptors (Lipinski definition) is 4. The number of benzene rings is 3. The highest BCUT2D eigenvalue weighted by Crippen LogP contribution is 2.32. The van der Waals surface area contributed by atoms with Crippen LogP contribution in [0.5, 0.6) is 11.5 Å². The van der Waals surface area contributed by atoms with Crippen LogP contribution in [0, 0.1) is 0 Å². The normalized spacial score (nSPS) is 12.7. The first-order valence-corrected chi connectivity index (χ1v) is 9.20. The second-order valence-electron chi connectivity index (χ2n) is 6.62. The molecule has 0 unspecified atom stereocenters. The zero-order chi connectivity index (χ0) is 20.2. The van der Waals surface area contributed by atoms with E-state index in [1.165, 1.54) is 0 Å². The Kier molecular flexibility index (Phi) is 5.16. The minimum atomic E-state index is -0.200. The van der Waals surface area contributed by atoms with Crippen LogP contribution in [-0.2, 0) is 11.3 Å². The molecule has 29 heavy (non-hydrogen) atoms. The van der Waals surface area contributed by atoms with Crippen LogP contribution in [0.1, 0.15) is 15.9 Å². The molecule has 1 heterocycles. The lowest BCUT2D eigenvalue weighted by Gasteiger charge is -2.29. The Balaban J connectivity index is 1.45. The molecule has 1 N–H and O–H groups in total. The van der Waals surface area contributed by atoms with Crippen molar-refractivity contribution in [3.05, 3.63) is 83.9 Å². The summed E-state index contributed by atoms with van der Waals surface area (Å²) in [6.45, 7) is 0.443. The van der Waals surface area contributed by atoms with Crippen LogP contribution in [0.3, 0.4) is 0 Å². The number of fused-ring (bicyclic) bond motifs is 1. The van der Waals surface area contributed by atoms with Crippen LogP contribution in [0.15, 0.2) is 72.8 Å². The number of nitrogens with one attached hydrogen (secondary N) is 1. The van der Waals surface area contributed by atoms with E-state index in [0.29, 0.717) is 23.5 Å². The van der Waals surface area contributed by atoms with Crippen LogP contribution in [0.2, 0.25) is 0 Å². The van der Waals surface area contributed by atoms with E-state index in [-0.39, 0.29) is 18.4 Å². The summed E-state index contributed by atoms with van der Waals surface area (Å²) in [5, 5.41) is 2.85. The third kappa shape index (κ3) is 4.06. The van der Waals surface area contributed by atoms with Gasteiger partial charge in [-0.05, 0) is 54.1 Å². The molecule has 0 spiro atoms. The minimum absolute atomic E-state index is 0.0271. The monoisotopic (exact) mass is 388 g/mol. The average Bonchev–Trinajstić information content (AvgIpc) is 2.77. The first-order chi connectivity index (χ1) is 14.1. The maximum absolute atomic E-state index is 12.5. The number of para-hydroxylation sites is 2. The number of nitrogens with zero attached hydrogens (tertiary/aromatic N) is 1. The molecule has 3 aromatic carbocycles. The van der Waals surface area contributed by atoms with Gasteiger partial charge in [-0.15, -0.1) is 0 Å². The molecule has 1 aliphatic heterocycles. The molecule has 146 valence electrons. The van der Waals surface area contributed by atoms with Crippen molar-refractivity contribution in [1.29, 1.82) is 0 Å². The topological polar surface area (TPSA) is 67.9 Å². The summed E-state index contributed by atoms with van der Waals surface area (Å²) in [4.78, 5) is 26.5. The highest BCUT2D eigenvalue weighted by atomic mass is 16.5. The van der Waals surface area contributed by atoms with Gasteiger partial charge in [-0.25, -0.2) is 0 Å². The molecule has 0 aromatic heterocycles. The Labute approximate surface area is 168 Å². The molecule has 0 bridgehead atoms. The number of carbonyl (C=O) groups is 2. The summed E-state index contributed by atoms with van der Waals surface area (Å²) in [7, 11) is 1.60. The molecule has 4 rings (SSSR count). The fourth-order valence-corrected chi connectivity index (χ4v) is 3.15. The molecule has 1 aliphatic rings. The van der Waals surface area contributed by atoms with Crippen molar-refractivity contribution in [2.45, 2.75) is 6.54 Å². The molecular formula is C23H20N2O4. The second-order valence-corrected chi connectivity index (χ2v) is 6.62. The Morgan fingerprint density at radius 3 is 2.48 bits per heavy atom. The fraction of sp³-hybridized carbons (Fsp3) is 0.130. The van der Waals surface area contributed by atoms with Crippen molar-refractivity contribution < 1.29 is 19.1 Å². The quantitative estimate of drug-likeness (QED) is 0.720. The molecule has 0 aliphatic carbocycles. The SMILES string of the molecule is COc1ccc(NC(=O)c2ccc(CN3C(=O)COc4ccccc43)cc2)cc1. The smallest absolute Gasteiger partial charge is 0.265 e. The standard InChI is InChI=1S/C23H20N2O4/c1-28-19-12-10-18(11-13-19)24-23(27)17-8-6-16(7-9-17)14-25-20-4-2-3-5-21(20)29-15-22(25)26/h2-13H,14-15H2,1H3,(H,24,27). The fourth-order valence-electron chi connectivity index (χ4n) is 3.15. The molecule has 6 heteroatoms. The zero-order valence-electron chi connectivity index (χ0n) is 15.9. The van der Waals surface area contributed by atoms with Gasteiger partial charge in [-0.3, -0.25) is 9.59 Å². The summed E-state index contributed by atoms with van der Waals surface area (Å²) in [6.07, 6.45) is 0. The maximum atomic E-state index is 12.5. The van der Waals surface area contributed by atoms with E-state index in [1.807, 2.05) is 36.4 Å². The van der Waals surface area contributed by atoms with E-state index in [9.17, 15) is 9.59 Å². The molecule has 2 amide bonds. The predicted octanol–water partition coefficient (Wildman–Crippen LogP) is 3.87. The van der Waals surface area contributed by atoms with Crippen molar-refractivity contribution in [1.82, 2.24) is 0 Å². The van der Waals surface area contributed by atoms with Gasteiger partial charge in [0, 0.05) is 11.3 Å². The van der Waals surface area contributed by atoms with E-state index < -0.39 is 0 Å². The van der Waals surface area contributed by atoms with Crippen LogP contribution in [0.4, 0.5) is 11.4 Å². The molecule has 0 radical (unpaired) electrons. The lowest BCUT2D eigenvalue weighted by Crippen LogP contribution is -2.38. The van der Waals surface area contributed by atoms with Gasteiger partial charge in [0.05, 0.1) is 19.3 Å². The van der Waals surface area contributed by atoms with Crippen molar-refractivity contribution >= 4 is 23.2 Å². The maximum Gasteiger partial charge on any atom is 0.265 e. The van der Waals surface area contributed by atoms with Gasteiger partial charge in [0.1, 0.15) is 11.5 Å². The lowest BCUT2D eigenvalue weighted by molar-refractivity contribution is -0.121. The van der Waals surface area contributed by atoms with E-state index in [0.717, 1.165) is 17.0 Å². The minimum Gasteiger partial charge on any atom is -0.497 e.